The van der Waals surface area contributed by atoms with Gasteiger partial charge in [0.15, 0.2) is 5.69 Å². The molecule has 0 aliphatic heterocycles. The first-order valence-corrected chi connectivity index (χ1v) is 6.02. The molecule has 0 amide bonds. The molecule has 0 radical (unpaired) electrons. The zero-order valence-electron chi connectivity index (χ0n) is 11.5. The summed E-state index contributed by atoms with van der Waals surface area (Å²) in [4.78, 5) is 4.56. The highest BCUT2D eigenvalue weighted by molar-refractivity contribution is 5.62. The van der Waals surface area contributed by atoms with Crippen molar-refractivity contribution in [2.75, 3.05) is 0 Å². The molecule has 0 spiro atoms. The van der Waals surface area contributed by atoms with Crippen molar-refractivity contribution in [2.45, 2.75) is 27.7 Å². The van der Waals surface area contributed by atoms with Crippen LogP contribution in [0.15, 0.2) is 18.2 Å². The van der Waals surface area contributed by atoms with E-state index in [4.69, 9.17) is 0 Å². The van der Waals surface area contributed by atoms with Gasteiger partial charge >= 0.3 is 0 Å². The van der Waals surface area contributed by atoms with Crippen LogP contribution in [0.4, 0.5) is 4.39 Å². The third kappa shape index (κ3) is 2.01. The lowest BCUT2D eigenvalue weighted by atomic mass is 10.0. The van der Waals surface area contributed by atoms with Gasteiger partial charge in [0.05, 0.1) is 5.56 Å². The summed E-state index contributed by atoms with van der Waals surface area (Å²) in [6, 6.07) is 4.88. The standard InChI is InChI=1S/C15H18FN2/c1-9-8-13(16)6-7-14(9)15-11(3)17-10(2)12(4)18(15)5/h6-8H,1-5H3/q+1. The molecule has 1 heterocycles. The molecule has 94 valence electrons. The molecular weight excluding hydrogens is 227 g/mol. The van der Waals surface area contributed by atoms with Crippen LogP contribution in [0.25, 0.3) is 11.3 Å². The minimum absolute atomic E-state index is 0.201. The molecule has 0 saturated carbocycles. The molecule has 1 aromatic heterocycles. The number of nitrogens with zero attached hydrogens (tertiary/aromatic N) is 2. The second kappa shape index (κ2) is 4.48. The van der Waals surface area contributed by atoms with Crippen molar-refractivity contribution in [3.63, 3.8) is 0 Å². The molecule has 3 heteroatoms. The van der Waals surface area contributed by atoms with E-state index in [1.807, 2.05) is 40.8 Å². The van der Waals surface area contributed by atoms with Crippen LogP contribution in [0.2, 0.25) is 0 Å². The van der Waals surface area contributed by atoms with E-state index in [9.17, 15) is 4.39 Å². The smallest absolute Gasteiger partial charge is 0.234 e. The SMILES string of the molecule is Cc1cc(F)ccc1-c1c(C)nc(C)c(C)[n+]1C. The summed E-state index contributed by atoms with van der Waals surface area (Å²) < 4.78 is 15.3. The van der Waals surface area contributed by atoms with Crippen molar-refractivity contribution >= 4 is 0 Å². The average molecular weight is 245 g/mol. The third-order valence-corrected chi connectivity index (χ3v) is 3.48. The fourth-order valence-corrected chi connectivity index (χ4v) is 2.31. The lowest BCUT2D eigenvalue weighted by Crippen LogP contribution is -2.37. The Morgan fingerprint density at radius 2 is 1.72 bits per heavy atom. The van der Waals surface area contributed by atoms with Gasteiger partial charge in [-0.2, -0.15) is 4.57 Å². The highest BCUT2D eigenvalue weighted by Gasteiger charge is 2.20. The number of benzene rings is 1. The third-order valence-electron chi connectivity index (χ3n) is 3.48. The van der Waals surface area contributed by atoms with E-state index in [1.165, 1.54) is 6.07 Å². The Hall–Kier alpha value is -1.77. The number of hydrogen-bond donors (Lipinski definition) is 0. The van der Waals surface area contributed by atoms with Gasteiger partial charge in [0.1, 0.15) is 24.3 Å². The second-order valence-corrected chi connectivity index (χ2v) is 4.73. The van der Waals surface area contributed by atoms with Gasteiger partial charge < -0.3 is 0 Å². The Morgan fingerprint density at radius 3 is 2.33 bits per heavy atom. The van der Waals surface area contributed by atoms with Gasteiger partial charge in [-0.1, -0.05) is 0 Å². The maximum absolute atomic E-state index is 13.2. The molecule has 0 N–H and O–H groups in total. The molecule has 0 fully saturated rings. The van der Waals surface area contributed by atoms with E-state index in [-0.39, 0.29) is 5.82 Å². The number of halogens is 1. The summed E-state index contributed by atoms with van der Waals surface area (Å²) in [5.74, 6) is -0.201. The molecule has 2 rings (SSSR count). The molecule has 0 aliphatic carbocycles. The normalized spacial score (nSPS) is 10.8. The summed E-state index contributed by atoms with van der Waals surface area (Å²) in [5.41, 5.74) is 6.13. The molecule has 18 heavy (non-hydrogen) atoms. The minimum atomic E-state index is -0.201. The first-order valence-electron chi connectivity index (χ1n) is 6.02. The zero-order chi connectivity index (χ0) is 13.4. The van der Waals surface area contributed by atoms with Crippen molar-refractivity contribution in [1.29, 1.82) is 0 Å². The Balaban J connectivity index is 2.75. The predicted octanol–water partition coefficient (Wildman–Crippen LogP) is 2.95. The molecule has 2 aromatic rings. The maximum Gasteiger partial charge on any atom is 0.234 e. The summed E-state index contributed by atoms with van der Waals surface area (Å²) in [5, 5.41) is 0. The lowest BCUT2D eigenvalue weighted by molar-refractivity contribution is -0.667. The van der Waals surface area contributed by atoms with Gasteiger partial charge in [0, 0.05) is 6.92 Å². The van der Waals surface area contributed by atoms with Crippen molar-refractivity contribution in [1.82, 2.24) is 4.98 Å². The van der Waals surface area contributed by atoms with E-state index < -0.39 is 0 Å². The molecule has 0 saturated heterocycles. The number of aromatic nitrogens is 2. The second-order valence-electron chi connectivity index (χ2n) is 4.73. The van der Waals surface area contributed by atoms with Gasteiger partial charge in [0.2, 0.25) is 5.69 Å². The molecule has 0 unspecified atom stereocenters. The van der Waals surface area contributed by atoms with Crippen molar-refractivity contribution < 1.29 is 8.96 Å². The first kappa shape index (κ1) is 12.7. The predicted molar refractivity (Wildman–Crippen MR) is 69.8 cm³/mol. The molecule has 0 atom stereocenters. The summed E-state index contributed by atoms with van der Waals surface area (Å²) in [7, 11) is 2.02. The van der Waals surface area contributed by atoms with Crippen molar-refractivity contribution in [3.05, 3.63) is 46.7 Å². The molecule has 1 aromatic carbocycles. The largest absolute Gasteiger partial charge is 0.245 e. The van der Waals surface area contributed by atoms with Crippen LogP contribution < -0.4 is 4.57 Å². The first-order chi connectivity index (χ1) is 8.41. The number of hydrogen-bond acceptors (Lipinski definition) is 1. The number of rotatable bonds is 1. The van der Waals surface area contributed by atoms with E-state index in [1.54, 1.807) is 6.07 Å². The van der Waals surface area contributed by atoms with E-state index >= 15 is 0 Å². The van der Waals surface area contributed by atoms with Crippen LogP contribution in [0.1, 0.15) is 22.6 Å². The zero-order valence-corrected chi connectivity index (χ0v) is 11.5. The van der Waals surface area contributed by atoms with Crippen LogP contribution in [0, 0.1) is 33.5 Å². The van der Waals surface area contributed by atoms with E-state index in [0.29, 0.717) is 0 Å². The van der Waals surface area contributed by atoms with Crippen LogP contribution >= 0.6 is 0 Å². The van der Waals surface area contributed by atoms with Crippen LogP contribution in [-0.4, -0.2) is 4.98 Å². The van der Waals surface area contributed by atoms with Crippen molar-refractivity contribution in [2.24, 2.45) is 7.05 Å². The van der Waals surface area contributed by atoms with Gasteiger partial charge in [-0.25, -0.2) is 9.37 Å². The monoisotopic (exact) mass is 245 g/mol. The van der Waals surface area contributed by atoms with Crippen LogP contribution in [0.3, 0.4) is 0 Å². The Morgan fingerprint density at radius 1 is 1.06 bits per heavy atom. The fraction of sp³-hybridized carbons (Fsp3) is 0.333. The highest BCUT2D eigenvalue weighted by Crippen LogP contribution is 2.23. The van der Waals surface area contributed by atoms with Crippen molar-refractivity contribution in [3.8, 4) is 11.3 Å². The summed E-state index contributed by atoms with van der Waals surface area (Å²) in [6.45, 7) is 7.96. The van der Waals surface area contributed by atoms with Gasteiger partial charge in [-0.05, 0) is 44.5 Å². The van der Waals surface area contributed by atoms with Gasteiger partial charge in [-0.15, -0.1) is 0 Å². The summed E-state index contributed by atoms with van der Waals surface area (Å²) >= 11 is 0. The van der Waals surface area contributed by atoms with Crippen LogP contribution in [0.5, 0.6) is 0 Å². The topological polar surface area (TPSA) is 16.8 Å². The Labute approximate surface area is 107 Å². The quantitative estimate of drug-likeness (QED) is 0.706. The molecular formula is C15H18FN2+. The fourth-order valence-electron chi connectivity index (χ4n) is 2.31. The summed E-state index contributed by atoms with van der Waals surface area (Å²) in [6.07, 6.45) is 0. The lowest BCUT2D eigenvalue weighted by Gasteiger charge is -2.09. The molecule has 2 nitrogen and oxygen atoms in total. The van der Waals surface area contributed by atoms with Crippen LogP contribution in [-0.2, 0) is 7.05 Å². The van der Waals surface area contributed by atoms with Gasteiger partial charge in [-0.3, -0.25) is 0 Å². The highest BCUT2D eigenvalue weighted by atomic mass is 19.1. The Bertz CT molecular complexity index is 618. The molecule has 0 aliphatic rings. The number of aryl methyl sites for hydroxylation is 3. The van der Waals surface area contributed by atoms with E-state index in [0.717, 1.165) is 33.9 Å². The Kier molecular flexibility index (Phi) is 3.16. The maximum atomic E-state index is 13.2. The van der Waals surface area contributed by atoms with E-state index in [2.05, 4.69) is 9.55 Å². The average Bonchev–Trinajstić information content (AvgIpc) is 2.29. The minimum Gasteiger partial charge on any atom is -0.245 e. The van der Waals surface area contributed by atoms with Gasteiger partial charge in [0.25, 0.3) is 0 Å². The molecule has 0 bridgehead atoms.